The van der Waals surface area contributed by atoms with E-state index in [2.05, 4.69) is 51.0 Å². The van der Waals surface area contributed by atoms with Gasteiger partial charge in [0.1, 0.15) is 0 Å². The number of rotatable bonds is 6. The summed E-state index contributed by atoms with van der Waals surface area (Å²) < 4.78 is 0. The molecule has 0 radical (unpaired) electrons. The van der Waals surface area contributed by atoms with Gasteiger partial charge in [0.15, 0.2) is 0 Å². The van der Waals surface area contributed by atoms with Crippen molar-refractivity contribution < 1.29 is 0 Å². The molecule has 1 aromatic heterocycles. The summed E-state index contributed by atoms with van der Waals surface area (Å²) in [5.41, 5.74) is 1.31. The minimum atomic E-state index is 0.411. The number of pyridine rings is 1. The summed E-state index contributed by atoms with van der Waals surface area (Å²) in [5.74, 6) is 1.97. The van der Waals surface area contributed by atoms with Crippen LogP contribution >= 0.6 is 0 Å². The van der Waals surface area contributed by atoms with Crippen LogP contribution in [0.3, 0.4) is 0 Å². The third-order valence-electron chi connectivity index (χ3n) is 3.39. The molecule has 0 saturated carbocycles. The molecule has 0 saturated heterocycles. The van der Waals surface area contributed by atoms with E-state index in [9.17, 15) is 0 Å². The molecule has 0 fully saturated rings. The van der Waals surface area contributed by atoms with Crippen molar-refractivity contribution in [2.24, 2.45) is 17.8 Å². The third-order valence-corrected chi connectivity index (χ3v) is 3.39. The van der Waals surface area contributed by atoms with Crippen LogP contribution in [0.1, 0.15) is 46.2 Å². The van der Waals surface area contributed by atoms with Crippen molar-refractivity contribution in [3.8, 4) is 0 Å². The van der Waals surface area contributed by atoms with Crippen LogP contribution < -0.4 is 5.32 Å². The van der Waals surface area contributed by atoms with E-state index < -0.39 is 0 Å². The maximum atomic E-state index is 4.25. The highest BCUT2D eigenvalue weighted by Gasteiger charge is 2.27. The lowest BCUT2D eigenvalue weighted by Crippen LogP contribution is -2.34. The Labute approximate surface area is 106 Å². The quantitative estimate of drug-likeness (QED) is 0.812. The lowest BCUT2D eigenvalue weighted by molar-refractivity contribution is 0.211. The van der Waals surface area contributed by atoms with Gasteiger partial charge in [-0.05, 0) is 35.9 Å². The highest BCUT2D eigenvalue weighted by atomic mass is 14.9. The van der Waals surface area contributed by atoms with Gasteiger partial charge >= 0.3 is 0 Å². The second-order valence-corrected chi connectivity index (χ2v) is 5.39. The predicted octanol–water partition coefficient (Wildman–Crippen LogP) is 3.66. The molecule has 1 N–H and O–H groups in total. The molecular weight excluding hydrogens is 208 g/mol. The Morgan fingerprint density at radius 2 is 1.82 bits per heavy atom. The first-order valence-corrected chi connectivity index (χ1v) is 6.71. The van der Waals surface area contributed by atoms with E-state index in [4.69, 9.17) is 0 Å². The first-order valence-electron chi connectivity index (χ1n) is 6.71. The van der Waals surface area contributed by atoms with Gasteiger partial charge in [-0.15, -0.1) is 0 Å². The van der Waals surface area contributed by atoms with E-state index in [1.54, 1.807) is 0 Å². The molecule has 0 amide bonds. The first-order chi connectivity index (χ1) is 8.07. The van der Waals surface area contributed by atoms with Gasteiger partial charge in [-0.3, -0.25) is 4.98 Å². The number of nitrogens with one attached hydrogen (secondary N) is 1. The summed E-state index contributed by atoms with van der Waals surface area (Å²) in [6.07, 6.45) is 3.83. The van der Waals surface area contributed by atoms with Crippen LogP contribution in [0, 0.1) is 17.8 Å². The topological polar surface area (TPSA) is 24.9 Å². The van der Waals surface area contributed by atoms with Crippen molar-refractivity contribution in [3.63, 3.8) is 0 Å². The van der Waals surface area contributed by atoms with Gasteiger partial charge in [-0.1, -0.05) is 40.7 Å². The summed E-state index contributed by atoms with van der Waals surface area (Å²) in [6.45, 7) is 12.4. The molecule has 2 heteroatoms. The summed E-state index contributed by atoms with van der Waals surface area (Å²) >= 11 is 0. The van der Waals surface area contributed by atoms with E-state index in [-0.39, 0.29) is 0 Å². The van der Waals surface area contributed by atoms with E-state index in [1.165, 1.54) is 5.56 Å². The highest BCUT2D eigenvalue weighted by Crippen LogP contribution is 2.33. The fraction of sp³-hybridized carbons (Fsp3) is 0.667. The second-order valence-electron chi connectivity index (χ2n) is 5.39. The Kier molecular flexibility index (Phi) is 5.63. The Bertz CT molecular complexity index is 298. The molecule has 0 aliphatic rings. The Hall–Kier alpha value is -0.890. The van der Waals surface area contributed by atoms with Crippen molar-refractivity contribution in [1.29, 1.82) is 0 Å². The Morgan fingerprint density at radius 1 is 1.18 bits per heavy atom. The molecule has 0 bridgehead atoms. The fourth-order valence-corrected chi connectivity index (χ4v) is 2.80. The number of aromatic nitrogens is 1. The molecule has 96 valence electrons. The van der Waals surface area contributed by atoms with E-state index in [1.807, 2.05) is 18.5 Å². The number of hydrogen-bond acceptors (Lipinski definition) is 2. The van der Waals surface area contributed by atoms with Crippen molar-refractivity contribution in [2.45, 2.75) is 40.7 Å². The molecule has 0 spiro atoms. The van der Waals surface area contributed by atoms with Crippen LogP contribution in [0.2, 0.25) is 0 Å². The van der Waals surface area contributed by atoms with Crippen LogP contribution in [0.5, 0.6) is 0 Å². The third kappa shape index (κ3) is 3.81. The van der Waals surface area contributed by atoms with Crippen molar-refractivity contribution in [1.82, 2.24) is 10.3 Å². The molecule has 1 atom stereocenters. The van der Waals surface area contributed by atoms with Gasteiger partial charge in [0.25, 0.3) is 0 Å². The molecule has 17 heavy (non-hydrogen) atoms. The summed E-state index contributed by atoms with van der Waals surface area (Å²) in [6, 6.07) is 4.61. The minimum absolute atomic E-state index is 0.411. The maximum absolute atomic E-state index is 4.25. The van der Waals surface area contributed by atoms with Crippen LogP contribution in [-0.2, 0) is 0 Å². The molecule has 1 rings (SSSR count). The molecule has 0 aromatic carbocycles. The zero-order chi connectivity index (χ0) is 12.8. The number of nitrogens with zero attached hydrogens (tertiary/aromatic N) is 1. The van der Waals surface area contributed by atoms with Crippen LogP contribution in [-0.4, -0.2) is 11.5 Å². The molecule has 1 heterocycles. The first kappa shape index (κ1) is 14.2. The zero-order valence-electron chi connectivity index (χ0n) is 11.8. The van der Waals surface area contributed by atoms with Crippen molar-refractivity contribution >= 4 is 0 Å². The molecule has 0 aliphatic carbocycles. The van der Waals surface area contributed by atoms with Gasteiger partial charge < -0.3 is 5.32 Å². The maximum Gasteiger partial charge on any atom is 0.0368 e. The lowest BCUT2D eigenvalue weighted by Gasteiger charge is -2.34. The van der Waals surface area contributed by atoms with Gasteiger partial charge in [-0.25, -0.2) is 0 Å². The van der Waals surface area contributed by atoms with Gasteiger partial charge in [0.05, 0.1) is 0 Å². The van der Waals surface area contributed by atoms with Crippen LogP contribution in [0.4, 0.5) is 0 Å². The minimum Gasteiger partial charge on any atom is -0.310 e. The summed E-state index contributed by atoms with van der Waals surface area (Å²) in [7, 11) is 0. The standard InChI is InChI=1S/C15H26N2/c1-6-17-15(13-8-7-9-16-10-13)14(11(2)3)12(4)5/h7-12,14-15,17H,6H2,1-5H3. The number of hydrogen-bond donors (Lipinski definition) is 1. The van der Waals surface area contributed by atoms with Crippen LogP contribution in [0.15, 0.2) is 24.5 Å². The van der Waals surface area contributed by atoms with Gasteiger partial charge in [0.2, 0.25) is 0 Å². The van der Waals surface area contributed by atoms with Gasteiger partial charge in [0, 0.05) is 18.4 Å². The lowest BCUT2D eigenvalue weighted by atomic mass is 9.77. The van der Waals surface area contributed by atoms with E-state index >= 15 is 0 Å². The molecular formula is C15H26N2. The van der Waals surface area contributed by atoms with E-state index in [0.29, 0.717) is 23.8 Å². The summed E-state index contributed by atoms with van der Waals surface area (Å²) in [4.78, 5) is 4.25. The average Bonchev–Trinajstić information content (AvgIpc) is 2.28. The largest absolute Gasteiger partial charge is 0.310 e. The summed E-state index contributed by atoms with van der Waals surface area (Å²) in [5, 5.41) is 3.62. The van der Waals surface area contributed by atoms with Crippen LogP contribution in [0.25, 0.3) is 0 Å². The highest BCUT2D eigenvalue weighted by molar-refractivity contribution is 5.15. The molecule has 1 unspecified atom stereocenters. The Morgan fingerprint density at radius 3 is 2.24 bits per heavy atom. The fourth-order valence-electron chi connectivity index (χ4n) is 2.80. The average molecular weight is 234 g/mol. The monoisotopic (exact) mass is 234 g/mol. The zero-order valence-corrected chi connectivity index (χ0v) is 11.8. The van der Waals surface area contributed by atoms with Crippen molar-refractivity contribution in [2.75, 3.05) is 6.54 Å². The second kappa shape index (κ2) is 6.75. The van der Waals surface area contributed by atoms with Crippen molar-refractivity contribution in [3.05, 3.63) is 30.1 Å². The normalized spacial score (nSPS) is 13.6. The molecule has 1 aromatic rings. The Balaban J connectivity index is 2.98. The molecule has 2 nitrogen and oxygen atoms in total. The van der Waals surface area contributed by atoms with E-state index in [0.717, 1.165) is 6.54 Å². The SMILES string of the molecule is CCNC(c1cccnc1)C(C(C)C)C(C)C. The molecule has 0 aliphatic heterocycles. The smallest absolute Gasteiger partial charge is 0.0368 e. The van der Waals surface area contributed by atoms with Gasteiger partial charge in [-0.2, -0.15) is 0 Å². The predicted molar refractivity (Wildman–Crippen MR) is 73.8 cm³/mol.